The predicted molar refractivity (Wildman–Crippen MR) is 552 cm³/mol. The minimum absolute atomic E-state index is 0. The number of amides is 3. The number of hydrogen-bond donors (Lipinski definition) is 11. The van der Waals surface area contributed by atoms with Crippen molar-refractivity contribution in [3.8, 4) is 78.3 Å². The Morgan fingerprint density at radius 3 is 1.16 bits per heavy atom. The van der Waals surface area contributed by atoms with Gasteiger partial charge in [-0.2, -0.15) is 13.2 Å². The number of aromatic hydroxyl groups is 2. The van der Waals surface area contributed by atoms with E-state index in [-0.39, 0.29) is 104 Å². The Hall–Kier alpha value is -15.8. The van der Waals surface area contributed by atoms with E-state index in [0.29, 0.717) is 52.5 Å². The van der Waals surface area contributed by atoms with E-state index in [2.05, 4.69) is 44.6 Å². The molecule has 0 radical (unpaired) electrons. The number of alkyl carbamates (subject to hydrolysis) is 1. The van der Waals surface area contributed by atoms with E-state index in [1.54, 1.807) is 69.3 Å². The molecular formula is C114H104F3ILiN7O22. The third-order valence-corrected chi connectivity index (χ3v) is 24.9. The number of aliphatic carboxylic acids is 2. The number of fused-ring (bicyclic) bond motifs is 18. The third-order valence-electron chi connectivity index (χ3n) is 24.3. The largest absolute Gasteiger partial charge is 1.00 e. The average molecular weight is 2110 g/mol. The van der Waals surface area contributed by atoms with Crippen molar-refractivity contribution >= 4 is 105 Å². The molecular weight excluding hydrogens is 2010 g/mol. The maximum Gasteiger partial charge on any atom is 1.00 e. The molecule has 29 nitrogen and oxygen atoms in total. The zero-order valence-electron chi connectivity index (χ0n) is 80.7. The number of anilines is 5. The molecule has 0 heterocycles. The Labute approximate surface area is 875 Å². The number of carboxylic acids is 2. The first kappa shape index (κ1) is 111. The molecule has 20 rings (SSSR count). The van der Waals surface area contributed by atoms with Crippen molar-refractivity contribution in [3.63, 3.8) is 0 Å². The van der Waals surface area contributed by atoms with Crippen molar-refractivity contribution < 1.29 is 145 Å². The summed E-state index contributed by atoms with van der Waals surface area (Å²) in [4.78, 5) is 105. The number of aliphatic hydroxyl groups excluding tert-OH is 1. The van der Waals surface area contributed by atoms with Gasteiger partial charge in [0, 0.05) is 58.3 Å². The van der Waals surface area contributed by atoms with E-state index >= 15 is 0 Å². The molecule has 0 aromatic heterocycles. The van der Waals surface area contributed by atoms with Gasteiger partial charge in [0.2, 0.25) is 5.91 Å². The molecule has 6 atom stereocenters. The van der Waals surface area contributed by atoms with Crippen LogP contribution in [0, 0.1) is 0 Å². The third kappa shape index (κ3) is 27.1. The van der Waals surface area contributed by atoms with Crippen LogP contribution in [0.2, 0.25) is 0 Å². The zero-order chi connectivity index (χ0) is 104. The van der Waals surface area contributed by atoms with Gasteiger partial charge in [0.15, 0.2) is 11.8 Å². The number of nitrogens with one attached hydrogen (secondary N) is 3. The molecule has 0 saturated carbocycles. The van der Waals surface area contributed by atoms with Gasteiger partial charge in [-0.1, -0.05) is 247 Å². The minimum Gasteiger partial charge on any atom is -0.870 e. The number of rotatable bonds is 24. The summed E-state index contributed by atoms with van der Waals surface area (Å²) in [7, 11) is 0. The molecule has 6 aliphatic carbocycles. The van der Waals surface area contributed by atoms with Crippen molar-refractivity contribution in [1.82, 2.24) is 5.32 Å². The number of nitrogens with two attached hydrogens (primary N) is 3. The predicted octanol–water partition coefficient (Wildman–Crippen LogP) is 14.3. The first-order valence-electron chi connectivity index (χ1n) is 46.5. The van der Waals surface area contributed by atoms with Gasteiger partial charge in [0.05, 0.1) is 24.2 Å². The summed E-state index contributed by atoms with van der Waals surface area (Å²) < 4.78 is 69.8. The van der Waals surface area contributed by atoms with E-state index in [1.807, 2.05) is 253 Å². The molecule has 14 aromatic rings. The molecule has 34 heteroatoms. The number of nitrogen functional groups attached to an aromatic ring is 3. The fraction of sp³-hybridized carbons (Fsp3) is 0.184. The quantitative estimate of drug-likeness (QED) is 0.00668. The van der Waals surface area contributed by atoms with Crippen molar-refractivity contribution in [1.29, 1.82) is 0 Å². The van der Waals surface area contributed by atoms with Gasteiger partial charge in [-0.25, -0.2) is 19.2 Å². The second-order valence-electron chi connectivity index (χ2n) is 34.0. The molecule has 14 aromatic carbocycles. The van der Waals surface area contributed by atoms with Crippen LogP contribution in [0.15, 0.2) is 309 Å². The van der Waals surface area contributed by atoms with Crippen LogP contribution in [-0.2, 0) is 79.6 Å². The Kier molecular flexibility index (Phi) is 38.5. The molecule has 6 aliphatic rings. The number of ether oxygens (including phenoxy) is 7. The van der Waals surface area contributed by atoms with E-state index in [1.165, 1.54) is 12.1 Å². The summed E-state index contributed by atoms with van der Waals surface area (Å²) in [5.74, 6) is -5.46. The Balaban J connectivity index is 0.000000169. The van der Waals surface area contributed by atoms with Gasteiger partial charge in [-0.05, 0) is 239 Å². The van der Waals surface area contributed by atoms with Crippen LogP contribution >= 0.6 is 22.6 Å². The van der Waals surface area contributed by atoms with Gasteiger partial charge >= 0.3 is 55.0 Å². The van der Waals surface area contributed by atoms with Crippen LogP contribution < -0.4 is 62.9 Å². The maximum atomic E-state index is 13.9. The standard InChI is InChI=1S/C41H36N2O7.C24H22N2O5.C17H17NO3.C13H11NO.C13H9NO.C4H7IO2.C2HF3O2.Li.H2O/c1-2-48-38(45)24-49-39-34-14-8-7-11-30(34)33-20-17-26(22-35(33)39)42-40(46)37(21-25-15-18-27(44)19-16-25)43-41(47)50-23-36-31-12-5-3-9-28(31)29-10-4-6-13-32(29)36;25-21(11-14-5-8-16(27)9-6-14)24(30)26-15-7-10-18-17-3-1-2-4-19(17)23(20(18)12-15)31-13-22(28)29;1-2-20-16(19)10-21-17-14-6-4-3-5-12(14)13-8-7-11(18)9-15(13)17;2*14-8-5-6-10-9-3-1-2-4-11(9)13(15)12(10)7-8;1-2-7-4(6)3-5;3-2(4,5)1(6)7;;/h3-20,22,36-37,39,44H,2,21,23-24H2,1H3,(H,42,46)(H,43,47);1-10,12,21,23,27H,11,13,25H2,(H,26,30)(H,28,29);3-9,17H,2,10,18H2,1H3;1-7,13,15H,14H2;1-7H,14H2;2-3H2,1H3;(H,6,7);;1H2/q;;;;;;;+1;/p-1/t37-,39?;21-,23?;;;;;;;/m00......./s1. The van der Waals surface area contributed by atoms with Crippen molar-refractivity contribution in [2.24, 2.45) is 0 Å². The van der Waals surface area contributed by atoms with Crippen molar-refractivity contribution in [2.45, 2.75) is 82.2 Å². The Morgan fingerprint density at radius 1 is 0.405 bits per heavy atom. The summed E-state index contributed by atoms with van der Waals surface area (Å²) in [6.07, 6.45) is -7.17. The van der Waals surface area contributed by atoms with Crippen LogP contribution in [0.1, 0.15) is 134 Å². The molecule has 0 fully saturated rings. The van der Waals surface area contributed by atoms with Gasteiger partial charge in [-0.15, -0.1) is 0 Å². The molecule has 3 amide bonds. The second-order valence-corrected chi connectivity index (χ2v) is 34.7. The number of alkyl halides is 4. The number of aliphatic hydroxyl groups is 1. The molecule has 4 unspecified atom stereocenters. The maximum absolute atomic E-state index is 13.9. The number of carboxylic acid groups (broad SMARTS) is 2. The Bertz CT molecular complexity index is 7140. The van der Waals surface area contributed by atoms with E-state index < -0.39 is 73.1 Å². The number of carbonyl (C=O) groups excluding carboxylic acids is 8. The van der Waals surface area contributed by atoms with E-state index in [9.17, 15) is 66.8 Å². The molecule has 0 bridgehead atoms. The first-order chi connectivity index (χ1) is 70.3. The van der Waals surface area contributed by atoms with Crippen molar-refractivity contribution in [3.05, 3.63) is 387 Å². The monoisotopic (exact) mass is 2110 g/mol. The van der Waals surface area contributed by atoms with Crippen LogP contribution in [0.4, 0.5) is 46.4 Å². The molecule has 0 saturated heterocycles. The number of quaternary nitrogens is 1. The van der Waals surface area contributed by atoms with Gasteiger partial charge in [0.1, 0.15) is 74.4 Å². The van der Waals surface area contributed by atoms with Gasteiger partial charge in [0.25, 0.3) is 5.91 Å². The normalized spacial score (nSPS) is 14.2. The number of carbonyl (C=O) groups is 9. The van der Waals surface area contributed by atoms with Crippen LogP contribution in [0.5, 0.6) is 11.5 Å². The smallest absolute Gasteiger partial charge is 0.870 e. The summed E-state index contributed by atoms with van der Waals surface area (Å²) in [6, 6.07) is 94.9. The van der Waals surface area contributed by atoms with E-state index in [0.717, 1.165) is 145 Å². The zero-order valence-corrected chi connectivity index (χ0v) is 82.8. The molecule has 17 N–H and O–H groups in total. The summed E-state index contributed by atoms with van der Waals surface area (Å²) >= 11 is 1.96. The van der Waals surface area contributed by atoms with Crippen LogP contribution in [0.25, 0.3) is 66.8 Å². The number of benzene rings is 14. The number of halogens is 4. The van der Waals surface area contributed by atoms with E-state index in [4.69, 9.17) is 60.6 Å². The summed E-state index contributed by atoms with van der Waals surface area (Å²) in [5.41, 5.74) is 49.6. The average Bonchev–Trinajstić information content (AvgIpc) is 1.46. The number of phenolic OH excluding ortho intramolecular Hbond substituents is 2. The van der Waals surface area contributed by atoms with Gasteiger partial charge in [-0.3, -0.25) is 19.2 Å². The number of hydrogen-bond acceptors (Lipinski definition) is 24. The van der Waals surface area contributed by atoms with Crippen LogP contribution in [-0.4, -0.2) is 148 Å². The topological polar surface area (TPSA) is 494 Å². The van der Waals surface area contributed by atoms with Crippen molar-refractivity contribution in [2.75, 3.05) is 78.5 Å². The fourth-order valence-electron chi connectivity index (χ4n) is 17.9. The number of phenols is 2. The van der Waals surface area contributed by atoms with Gasteiger partial charge < -0.3 is 108 Å². The number of esters is 3. The molecule has 148 heavy (non-hydrogen) atoms. The SMILES string of the molecule is CCOC(=O)CI.CCOC(=O)COC1c2ccccc2-c2ccc(N)cc21.CCOC(=O)COC1c2ccccc2-c2ccc(NC(=O)[C@H](Cc3ccc(O)cc3)NC(=O)OCC3c4ccccc4-c4ccccc43)cc21.Nc1ccc2c(c1)C(=O)c1ccccc1-2.Nc1ccc2c(c1)C(O)c1ccccc1-2.O=C([O-])C(F)(F)F.[Li+].[NH3+][C@@H](Cc1ccc(O)cc1)C(=O)Nc1ccc2c(c1)C(OCC(=O)O)c1ccccc1-2.[OH-]. The van der Waals surface area contributed by atoms with Crippen LogP contribution in [0.3, 0.4) is 0 Å². The summed E-state index contributed by atoms with van der Waals surface area (Å²) in [6.45, 7) is 5.81. The second kappa shape index (κ2) is 51.3. The summed E-state index contributed by atoms with van der Waals surface area (Å²) in [5, 5.41) is 55.8. The Morgan fingerprint density at radius 2 is 0.736 bits per heavy atom. The molecule has 756 valence electrons. The molecule has 0 aliphatic heterocycles. The fourth-order valence-corrected chi connectivity index (χ4v) is 18.1. The minimum atomic E-state index is -5.19. The first-order valence-corrected chi connectivity index (χ1v) is 48.0. The molecule has 0 spiro atoms. The number of ketones is 1.